The number of aromatic nitrogens is 1. The van der Waals surface area contributed by atoms with Crippen LogP contribution in [0.1, 0.15) is 26.3 Å². The van der Waals surface area contributed by atoms with E-state index < -0.39 is 0 Å². The van der Waals surface area contributed by atoms with Crippen LogP contribution in [0.25, 0.3) is 0 Å². The minimum absolute atomic E-state index is 0.0964. The molecular formula is C10H15N3S. The van der Waals surface area contributed by atoms with Gasteiger partial charge in [-0.2, -0.15) is 0 Å². The van der Waals surface area contributed by atoms with Crippen LogP contribution in [0, 0.1) is 5.41 Å². The molecule has 0 fully saturated rings. The lowest BCUT2D eigenvalue weighted by molar-refractivity contribution is 0.802. The number of nitrogens with zero attached hydrogens (tertiary/aromatic N) is 1. The zero-order chi connectivity index (χ0) is 10.8. The van der Waals surface area contributed by atoms with Crippen molar-refractivity contribution in [2.45, 2.75) is 30.4 Å². The predicted octanol–water partition coefficient (Wildman–Crippen LogP) is 2.26. The first-order valence-electron chi connectivity index (χ1n) is 4.37. The summed E-state index contributed by atoms with van der Waals surface area (Å²) < 4.78 is 0.104. The van der Waals surface area contributed by atoms with Crippen molar-refractivity contribution >= 4 is 17.6 Å². The fraction of sp³-hybridized carbons (Fsp3) is 0.400. The van der Waals surface area contributed by atoms with Crippen LogP contribution in [0.2, 0.25) is 0 Å². The van der Waals surface area contributed by atoms with Gasteiger partial charge >= 0.3 is 0 Å². The molecule has 0 aliphatic rings. The van der Waals surface area contributed by atoms with Gasteiger partial charge in [0.25, 0.3) is 0 Å². The molecule has 3 nitrogen and oxygen atoms in total. The summed E-state index contributed by atoms with van der Waals surface area (Å²) in [4.78, 5) is 5.00. The number of nitrogens with two attached hydrogens (primary N) is 1. The summed E-state index contributed by atoms with van der Waals surface area (Å²) >= 11 is 1.67. The van der Waals surface area contributed by atoms with Crippen molar-refractivity contribution in [2.75, 3.05) is 0 Å². The second-order valence-corrected chi connectivity index (χ2v) is 5.87. The largest absolute Gasteiger partial charge is 0.384 e. The highest BCUT2D eigenvalue weighted by atomic mass is 32.2. The van der Waals surface area contributed by atoms with Gasteiger partial charge in [0.05, 0.1) is 0 Å². The van der Waals surface area contributed by atoms with Gasteiger partial charge < -0.3 is 5.73 Å². The Bertz CT molecular complexity index is 341. The Balaban J connectivity index is 3.02. The van der Waals surface area contributed by atoms with Crippen LogP contribution in [-0.4, -0.2) is 15.6 Å². The van der Waals surface area contributed by atoms with Gasteiger partial charge in [-0.25, -0.2) is 0 Å². The highest BCUT2D eigenvalue weighted by Crippen LogP contribution is 2.33. The van der Waals surface area contributed by atoms with Gasteiger partial charge in [0.15, 0.2) is 0 Å². The number of nitrogens with one attached hydrogen (secondary N) is 1. The van der Waals surface area contributed by atoms with Gasteiger partial charge in [-0.05, 0) is 6.07 Å². The number of nitrogen functional groups attached to an aromatic ring is 1. The lowest BCUT2D eigenvalue weighted by Gasteiger charge is -2.18. The lowest BCUT2D eigenvalue weighted by atomic mass is 10.2. The first kappa shape index (κ1) is 11.0. The van der Waals surface area contributed by atoms with Gasteiger partial charge in [0, 0.05) is 27.6 Å². The Kier molecular flexibility index (Phi) is 3.16. The fourth-order valence-corrected chi connectivity index (χ4v) is 2.07. The van der Waals surface area contributed by atoms with E-state index in [9.17, 15) is 0 Å². The third kappa shape index (κ3) is 3.03. The molecule has 0 radical (unpaired) electrons. The maximum atomic E-state index is 7.42. The minimum Gasteiger partial charge on any atom is -0.384 e. The molecule has 0 unspecified atom stereocenters. The molecule has 0 spiro atoms. The standard InChI is InChI=1S/C10H15N3S/c1-10(2,3)14-8-6-13-5-4-7(8)9(11)12/h4-6H,1-3H3,(H3,11,12). The summed E-state index contributed by atoms with van der Waals surface area (Å²) in [7, 11) is 0. The Morgan fingerprint density at radius 1 is 1.50 bits per heavy atom. The van der Waals surface area contributed by atoms with E-state index in [4.69, 9.17) is 11.1 Å². The molecule has 0 aliphatic heterocycles. The number of pyridine rings is 1. The van der Waals surface area contributed by atoms with Crippen molar-refractivity contribution in [2.24, 2.45) is 5.73 Å². The van der Waals surface area contributed by atoms with Crippen molar-refractivity contribution in [3.05, 3.63) is 24.0 Å². The predicted molar refractivity (Wildman–Crippen MR) is 60.9 cm³/mol. The van der Waals surface area contributed by atoms with E-state index in [1.165, 1.54) is 0 Å². The number of rotatable bonds is 2. The van der Waals surface area contributed by atoms with E-state index in [0.717, 1.165) is 10.5 Å². The molecule has 76 valence electrons. The summed E-state index contributed by atoms with van der Waals surface area (Å²) in [6.45, 7) is 6.36. The van der Waals surface area contributed by atoms with Crippen LogP contribution in [0.5, 0.6) is 0 Å². The molecule has 0 aliphatic carbocycles. The highest BCUT2D eigenvalue weighted by Gasteiger charge is 2.15. The average Bonchev–Trinajstić information content (AvgIpc) is 2.01. The molecule has 1 heterocycles. The maximum Gasteiger partial charge on any atom is 0.124 e. The SMILES string of the molecule is CC(C)(C)Sc1cnccc1C(=N)N. The highest BCUT2D eigenvalue weighted by molar-refractivity contribution is 8.00. The average molecular weight is 209 g/mol. The molecule has 1 rings (SSSR count). The second-order valence-electron chi connectivity index (χ2n) is 4.00. The molecule has 0 bridgehead atoms. The van der Waals surface area contributed by atoms with E-state index in [-0.39, 0.29) is 10.6 Å². The first-order valence-corrected chi connectivity index (χ1v) is 5.19. The Morgan fingerprint density at radius 2 is 2.14 bits per heavy atom. The zero-order valence-electron chi connectivity index (χ0n) is 8.66. The van der Waals surface area contributed by atoms with E-state index in [1.54, 1.807) is 30.2 Å². The number of amidine groups is 1. The summed E-state index contributed by atoms with van der Waals surface area (Å²) in [5.41, 5.74) is 6.24. The second kappa shape index (κ2) is 4.00. The summed E-state index contributed by atoms with van der Waals surface area (Å²) in [5, 5.41) is 7.42. The van der Waals surface area contributed by atoms with Crippen molar-refractivity contribution in [3.63, 3.8) is 0 Å². The monoisotopic (exact) mass is 209 g/mol. The maximum absolute atomic E-state index is 7.42. The van der Waals surface area contributed by atoms with Crippen LogP contribution in [0.4, 0.5) is 0 Å². The Morgan fingerprint density at radius 3 is 2.64 bits per heavy atom. The van der Waals surface area contributed by atoms with Crippen molar-refractivity contribution in [1.29, 1.82) is 5.41 Å². The van der Waals surface area contributed by atoms with Crippen molar-refractivity contribution < 1.29 is 0 Å². The molecule has 0 atom stereocenters. The molecule has 0 saturated heterocycles. The number of hydrogen-bond acceptors (Lipinski definition) is 3. The summed E-state index contributed by atoms with van der Waals surface area (Å²) in [6.07, 6.45) is 3.41. The third-order valence-corrected chi connectivity index (χ3v) is 2.65. The first-order chi connectivity index (χ1) is 6.40. The smallest absolute Gasteiger partial charge is 0.124 e. The molecule has 0 aromatic carbocycles. The van der Waals surface area contributed by atoms with Crippen LogP contribution >= 0.6 is 11.8 Å². The van der Waals surface area contributed by atoms with Crippen LogP contribution < -0.4 is 5.73 Å². The molecular weight excluding hydrogens is 194 g/mol. The van der Waals surface area contributed by atoms with Gasteiger partial charge in [-0.15, -0.1) is 11.8 Å². The van der Waals surface area contributed by atoms with Gasteiger partial charge in [-0.3, -0.25) is 10.4 Å². The summed E-state index contributed by atoms with van der Waals surface area (Å²) in [6, 6.07) is 1.77. The van der Waals surface area contributed by atoms with E-state index in [2.05, 4.69) is 25.8 Å². The fourth-order valence-electron chi connectivity index (χ4n) is 1.01. The van der Waals surface area contributed by atoms with E-state index in [0.29, 0.717) is 0 Å². The molecule has 14 heavy (non-hydrogen) atoms. The van der Waals surface area contributed by atoms with Gasteiger partial charge in [0.1, 0.15) is 5.84 Å². The zero-order valence-corrected chi connectivity index (χ0v) is 9.48. The molecule has 1 aromatic heterocycles. The quantitative estimate of drug-likeness (QED) is 0.446. The van der Waals surface area contributed by atoms with Crippen LogP contribution in [0.3, 0.4) is 0 Å². The van der Waals surface area contributed by atoms with Crippen molar-refractivity contribution in [1.82, 2.24) is 4.98 Å². The van der Waals surface area contributed by atoms with Crippen molar-refractivity contribution in [3.8, 4) is 0 Å². The van der Waals surface area contributed by atoms with Crippen LogP contribution in [0.15, 0.2) is 23.4 Å². The topological polar surface area (TPSA) is 62.8 Å². The summed E-state index contributed by atoms with van der Waals surface area (Å²) in [5.74, 6) is 0.0964. The molecule has 1 aromatic rings. The van der Waals surface area contributed by atoms with Gasteiger partial charge in [0.2, 0.25) is 0 Å². The number of hydrogen-bond donors (Lipinski definition) is 2. The molecule has 0 amide bonds. The lowest BCUT2D eigenvalue weighted by Crippen LogP contribution is -2.15. The van der Waals surface area contributed by atoms with Crippen LogP contribution in [-0.2, 0) is 0 Å². The molecule has 4 heteroatoms. The molecule has 0 saturated carbocycles. The normalized spacial score (nSPS) is 11.4. The van der Waals surface area contributed by atoms with E-state index >= 15 is 0 Å². The van der Waals surface area contributed by atoms with Gasteiger partial charge in [-0.1, -0.05) is 20.8 Å². The van der Waals surface area contributed by atoms with E-state index in [1.807, 2.05) is 0 Å². The Hall–Kier alpha value is -1.03. The minimum atomic E-state index is 0.0964. The third-order valence-electron chi connectivity index (χ3n) is 1.49. The molecule has 3 N–H and O–H groups in total. The Labute approximate surface area is 88.6 Å². The number of thioether (sulfide) groups is 1.